The van der Waals surface area contributed by atoms with Gasteiger partial charge in [-0.2, -0.15) is 30.3 Å². The Kier molecular flexibility index (Phi) is 12.7. The van der Waals surface area contributed by atoms with Gasteiger partial charge >= 0.3 is 29.6 Å². The molecule has 0 saturated heterocycles. The first-order valence-electron chi connectivity index (χ1n) is 15.4. The van der Waals surface area contributed by atoms with E-state index in [0.29, 0.717) is 18.1 Å². The topological polar surface area (TPSA) is 63.5 Å². The monoisotopic (exact) mass is 672 g/mol. The molecule has 0 spiro atoms. The van der Waals surface area contributed by atoms with E-state index in [-0.39, 0.29) is 34.5 Å². The molecule has 0 aromatic heterocycles. The molecule has 4 aromatic rings. The first-order chi connectivity index (χ1) is 22.1. The van der Waals surface area contributed by atoms with Gasteiger partial charge in [0.25, 0.3) is 0 Å². The molecule has 47 heavy (non-hydrogen) atoms. The van der Waals surface area contributed by atoms with E-state index in [1.165, 1.54) is 28.9 Å². The Morgan fingerprint density at radius 3 is 2.34 bits per heavy atom. The summed E-state index contributed by atoms with van der Waals surface area (Å²) in [5.74, 6) is 0. The Balaban J connectivity index is 0.00000500. The van der Waals surface area contributed by atoms with E-state index in [4.69, 9.17) is 11.6 Å². The number of benzene rings is 4. The molecule has 5 nitrogen and oxygen atoms in total. The molecule has 0 aliphatic heterocycles. The minimum Gasteiger partial charge on any atom is -0.744 e. The molecule has 5 rings (SSSR count). The zero-order chi connectivity index (χ0) is 32.8. The van der Waals surface area contributed by atoms with Crippen LogP contribution in [-0.4, -0.2) is 36.3 Å². The molecule has 4 aromatic carbocycles. The SMILES string of the molecule is CCN(Cc1c[c-]ccc1)c1ccc(/C(=C2\C=CC(=[N+](CC)Cc3cccc(S(=O)(=O)[O-])c3)C(C)=C2)c2ccccc2Cl)cc1C.[Na+]. The number of hydrogen-bond donors (Lipinski definition) is 0. The number of aryl methyl sites for hydroxylation is 1. The van der Waals surface area contributed by atoms with Crippen LogP contribution < -0.4 is 34.5 Å². The van der Waals surface area contributed by atoms with Crippen molar-refractivity contribution in [3.8, 4) is 0 Å². The zero-order valence-electron chi connectivity index (χ0n) is 27.6. The minimum absolute atomic E-state index is 0. The molecule has 236 valence electrons. The van der Waals surface area contributed by atoms with Crippen LogP contribution in [0.3, 0.4) is 0 Å². The Labute approximate surface area is 306 Å². The van der Waals surface area contributed by atoms with Gasteiger partial charge in [-0.3, -0.25) is 0 Å². The molecule has 0 N–H and O–H groups in total. The van der Waals surface area contributed by atoms with Gasteiger partial charge in [0.05, 0.1) is 4.90 Å². The number of hydrogen-bond acceptors (Lipinski definition) is 4. The normalized spacial score (nSPS) is 15.1. The molecule has 0 atom stereocenters. The molecule has 0 saturated carbocycles. The van der Waals surface area contributed by atoms with E-state index >= 15 is 0 Å². The fourth-order valence-electron chi connectivity index (χ4n) is 5.98. The van der Waals surface area contributed by atoms with Crippen LogP contribution in [-0.2, 0) is 23.2 Å². The summed E-state index contributed by atoms with van der Waals surface area (Å²) in [6, 6.07) is 32.1. The minimum atomic E-state index is -4.52. The molecular weight excluding hydrogens is 635 g/mol. The van der Waals surface area contributed by atoms with Gasteiger partial charge < -0.3 is 9.45 Å². The van der Waals surface area contributed by atoms with E-state index in [1.54, 1.807) is 6.07 Å². The van der Waals surface area contributed by atoms with Crippen LogP contribution in [0.4, 0.5) is 5.69 Å². The standard InChI is InChI=1S/C39H39ClN2O3S.Na/c1-5-41(26-30-13-8-7-9-14-30)37-21-19-32(23-28(37)3)39(35-17-10-11-18-36(35)40)33-20-22-38(29(4)24-33)42(6-2)27-31-15-12-16-34(25-31)46(43,44)45;/h7-8,10-25H,5-6,26-27H2,1-4H3,(H,43,44,45);/q;+1/p-1. The van der Waals surface area contributed by atoms with Crippen molar-refractivity contribution < 1.29 is 47.1 Å². The van der Waals surface area contributed by atoms with Crippen molar-refractivity contribution in [1.29, 1.82) is 0 Å². The van der Waals surface area contributed by atoms with Crippen LogP contribution in [0.15, 0.2) is 125 Å². The maximum Gasteiger partial charge on any atom is 1.00 e. The van der Waals surface area contributed by atoms with Crippen molar-refractivity contribution >= 4 is 38.7 Å². The summed E-state index contributed by atoms with van der Waals surface area (Å²) >= 11 is 6.83. The molecule has 1 aliphatic rings. The van der Waals surface area contributed by atoms with Crippen LogP contribution in [0.2, 0.25) is 5.02 Å². The maximum absolute atomic E-state index is 11.6. The summed E-state index contributed by atoms with van der Waals surface area (Å²) in [6.07, 6.45) is 6.41. The van der Waals surface area contributed by atoms with Gasteiger partial charge in [0.2, 0.25) is 5.71 Å². The van der Waals surface area contributed by atoms with Crippen LogP contribution in [0.25, 0.3) is 5.57 Å². The average molecular weight is 673 g/mol. The molecule has 0 radical (unpaired) electrons. The number of anilines is 1. The van der Waals surface area contributed by atoms with Crippen molar-refractivity contribution in [2.24, 2.45) is 0 Å². The van der Waals surface area contributed by atoms with Crippen molar-refractivity contribution in [1.82, 2.24) is 0 Å². The number of rotatable bonds is 10. The van der Waals surface area contributed by atoms with E-state index in [1.807, 2.05) is 42.5 Å². The predicted octanol–water partition coefficient (Wildman–Crippen LogP) is 5.37. The van der Waals surface area contributed by atoms with E-state index in [9.17, 15) is 13.0 Å². The second kappa shape index (κ2) is 16.2. The maximum atomic E-state index is 11.6. The van der Waals surface area contributed by atoms with E-state index in [0.717, 1.165) is 52.2 Å². The second-order valence-corrected chi connectivity index (χ2v) is 13.2. The second-order valence-electron chi connectivity index (χ2n) is 11.4. The Morgan fingerprint density at radius 2 is 1.70 bits per heavy atom. The third kappa shape index (κ3) is 8.82. The molecule has 1 aliphatic carbocycles. The van der Waals surface area contributed by atoms with Crippen LogP contribution in [0.1, 0.15) is 48.6 Å². The van der Waals surface area contributed by atoms with Crippen molar-refractivity contribution in [2.45, 2.75) is 45.7 Å². The molecule has 0 fully saturated rings. The Bertz CT molecular complexity index is 1980. The van der Waals surface area contributed by atoms with E-state index < -0.39 is 10.1 Å². The number of allylic oxidation sites excluding steroid dienone is 5. The number of halogens is 1. The molecule has 0 unspecified atom stereocenters. The summed E-state index contributed by atoms with van der Waals surface area (Å²) in [7, 11) is -4.52. The van der Waals surface area contributed by atoms with Gasteiger partial charge in [-0.15, -0.1) is 5.56 Å². The summed E-state index contributed by atoms with van der Waals surface area (Å²) in [6.45, 7) is 11.3. The number of nitrogens with zero attached hydrogens (tertiary/aromatic N) is 2. The predicted molar refractivity (Wildman–Crippen MR) is 187 cm³/mol. The van der Waals surface area contributed by atoms with Crippen molar-refractivity contribution in [2.75, 3.05) is 18.0 Å². The summed E-state index contributed by atoms with van der Waals surface area (Å²) < 4.78 is 37.0. The molecular formula is C39H38ClN2NaO3S. The molecule has 0 heterocycles. The van der Waals surface area contributed by atoms with Gasteiger partial charge in [0.1, 0.15) is 16.7 Å². The van der Waals surface area contributed by atoms with Crippen molar-refractivity contribution in [3.05, 3.63) is 159 Å². The quantitative estimate of drug-likeness (QED) is 0.0984. The summed E-state index contributed by atoms with van der Waals surface area (Å²) in [5, 5.41) is 0.680. The largest absolute Gasteiger partial charge is 1.00 e. The summed E-state index contributed by atoms with van der Waals surface area (Å²) in [5.41, 5.74) is 10.6. The van der Waals surface area contributed by atoms with Gasteiger partial charge in [-0.25, -0.2) is 13.0 Å². The first-order valence-corrected chi connectivity index (χ1v) is 17.2. The third-order valence-electron chi connectivity index (χ3n) is 8.26. The summed E-state index contributed by atoms with van der Waals surface area (Å²) in [4.78, 5) is 2.16. The van der Waals surface area contributed by atoms with Gasteiger partial charge in [0, 0.05) is 40.0 Å². The van der Waals surface area contributed by atoms with Gasteiger partial charge in [-0.1, -0.05) is 48.0 Å². The average Bonchev–Trinajstić information content (AvgIpc) is 3.04. The smallest absolute Gasteiger partial charge is 0.744 e. The Hall–Kier alpha value is -3.23. The van der Waals surface area contributed by atoms with Crippen LogP contribution >= 0.6 is 11.6 Å². The Morgan fingerprint density at radius 1 is 0.936 bits per heavy atom. The fourth-order valence-corrected chi connectivity index (χ4v) is 6.75. The molecule has 0 amide bonds. The van der Waals surface area contributed by atoms with Gasteiger partial charge in [0.15, 0.2) is 6.54 Å². The van der Waals surface area contributed by atoms with E-state index in [2.05, 4.69) is 91.8 Å². The van der Waals surface area contributed by atoms with Crippen LogP contribution in [0.5, 0.6) is 0 Å². The first kappa shape index (κ1) is 36.6. The fraction of sp³-hybridized carbons (Fsp3) is 0.205. The molecule has 8 heteroatoms. The van der Waals surface area contributed by atoms with Crippen LogP contribution in [0, 0.1) is 13.0 Å². The molecule has 0 bridgehead atoms. The third-order valence-corrected chi connectivity index (χ3v) is 9.43. The van der Waals surface area contributed by atoms with Gasteiger partial charge in [-0.05, 0) is 99.0 Å². The van der Waals surface area contributed by atoms with Crippen molar-refractivity contribution in [3.63, 3.8) is 0 Å². The zero-order valence-corrected chi connectivity index (χ0v) is 31.2.